The molecule has 0 radical (unpaired) electrons. The van der Waals surface area contributed by atoms with Gasteiger partial charge in [0, 0.05) is 3.57 Å². The molecular formula is C12H8FIN2O4. The number of carboxylic acids is 1. The minimum absolute atomic E-state index is 0.0256. The zero-order valence-electron chi connectivity index (χ0n) is 10.1. The molecule has 0 saturated carbocycles. The molecule has 20 heavy (non-hydrogen) atoms. The van der Waals surface area contributed by atoms with Crippen LogP contribution >= 0.6 is 22.6 Å². The predicted molar refractivity (Wildman–Crippen MR) is 76.0 cm³/mol. The van der Waals surface area contributed by atoms with Crippen molar-refractivity contribution in [2.24, 2.45) is 0 Å². The Morgan fingerprint density at radius 1 is 1.50 bits per heavy atom. The molecule has 0 spiro atoms. The van der Waals surface area contributed by atoms with E-state index >= 15 is 0 Å². The highest BCUT2D eigenvalue weighted by Gasteiger charge is 2.18. The van der Waals surface area contributed by atoms with Crippen molar-refractivity contribution in [1.29, 1.82) is 0 Å². The lowest BCUT2D eigenvalue weighted by Gasteiger charge is -2.10. The third-order valence-corrected chi connectivity index (χ3v) is 3.13. The predicted octanol–water partition coefficient (Wildman–Crippen LogP) is 1.68. The number of ether oxygens (including phenoxy) is 1. The molecule has 0 bridgehead atoms. The van der Waals surface area contributed by atoms with E-state index in [1.54, 1.807) is 6.07 Å². The summed E-state index contributed by atoms with van der Waals surface area (Å²) in [6.07, 6.45) is 1.14. The van der Waals surface area contributed by atoms with Crippen LogP contribution in [0.2, 0.25) is 0 Å². The average Bonchev–Trinajstić information content (AvgIpc) is 2.41. The Hall–Kier alpha value is -1.97. The molecule has 0 aliphatic heterocycles. The molecule has 0 amide bonds. The molecule has 104 valence electrons. The first-order chi connectivity index (χ1) is 9.43. The van der Waals surface area contributed by atoms with Crippen molar-refractivity contribution >= 4 is 28.6 Å². The zero-order valence-corrected chi connectivity index (χ0v) is 12.3. The summed E-state index contributed by atoms with van der Waals surface area (Å²) < 4.78 is 20.3. The summed E-state index contributed by atoms with van der Waals surface area (Å²) in [6, 6.07) is 4.25. The molecule has 0 fully saturated rings. The molecule has 0 unspecified atom stereocenters. The van der Waals surface area contributed by atoms with E-state index in [-0.39, 0.29) is 11.4 Å². The Labute approximate surface area is 125 Å². The van der Waals surface area contributed by atoms with Gasteiger partial charge in [-0.05, 0) is 40.8 Å². The molecule has 1 heterocycles. The molecular weight excluding hydrogens is 382 g/mol. The van der Waals surface area contributed by atoms with Crippen LogP contribution in [0.4, 0.5) is 4.39 Å². The number of hydrogen-bond donors (Lipinski definition) is 1. The van der Waals surface area contributed by atoms with Crippen LogP contribution in [0.25, 0.3) is 5.69 Å². The van der Waals surface area contributed by atoms with Gasteiger partial charge in [0.05, 0.1) is 13.3 Å². The van der Waals surface area contributed by atoms with Gasteiger partial charge in [0.2, 0.25) is 5.69 Å². The minimum Gasteiger partial charge on any atom is -0.491 e. The maximum absolute atomic E-state index is 13.8. The molecule has 1 N–H and O–H groups in total. The second-order valence-corrected chi connectivity index (χ2v) is 4.97. The Bertz CT molecular complexity index is 745. The van der Waals surface area contributed by atoms with Gasteiger partial charge in [-0.3, -0.25) is 4.79 Å². The lowest BCUT2D eigenvalue weighted by atomic mass is 10.3. The van der Waals surface area contributed by atoms with Crippen molar-refractivity contribution in [2.75, 3.05) is 7.11 Å². The van der Waals surface area contributed by atoms with E-state index in [4.69, 9.17) is 9.84 Å². The normalized spacial score (nSPS) is 10.3. The first kappa shape index (κ1) is 14.4. The van der Waals surface area contributed by atoms with Crippen molar-refractivity contribution in [3.8, 4) is 11.4 Å². The third kappa shape index (κ3) is 2.64. The van der Waals surface area contributed by atoms with E-state index in [9.17, 15) is 14.0 Å². The van der Waals surface area contributed by atoms with Gasteiger partial charge < -0.3 is 9.84 Å². The standard InChI is InChI=1S/C12H8FIN2O4/c1-20-9-5-16(15-10(11(9)17)12(18)19)8-4-6(14)2-3-7(8)13/h2-5H,1H3,(H,18,19). The maximum atomic E-state index is 13.8. The van der Waals surface area contributed by atoms with Crippen LogP contribution in [-0.4, -0.2) is 28.0 Å². The van der Waals surface area contributed by atoms with E-state index < -0.39 is 22.9 Å². The van der Waals surface area contributed by atoms with Crippen molar-refractivity contribution in [3.63, 3.8) is 0 Å². The quantitative estimate of drug-likeness (QED) is 0.807. The van der Waals surface area contributed by atoms with Gasteiger partial charge >= 0.3 is 5.97 Å². The number of hydrogen-bond acceptors (Lipinski definition) is 4. The molecule has 0 aliphatic rings. The third-order valence-electron chi connectivity index (χ3n) is 2.46. The van der Waals surface area contributed by atoms with Crippen molar-refractivity contribution in [3.05, 3.63) is 49.7 Å². The highest BCUT2D eigenvalue weighted by molar-refractivity contribution is 14.1. The van der Waals surface area contributed by atoms with E-state index in [2.05, 4.69) is 5.10 Å². The van der Waals surface area contributed by atoms with Crippen LogP contribution in [0.15, 0.2) is 29.2 Å². The van der Waals surface area contributed by atoms with Crippen LogP contribution in [0.1, 0.15) is 10.5 Å². The first-order valence-corrected chi connectivity index (χ1v) is 6.38. The molecule has 6 nitrogen and oxygen atoms in total. The SMILES string of the molecule is COc1cn(-c2cc(I)ccc2F)nc(C(=O)O)c1=O. The number of aromatic carboxylic acids is 1. The van der Waals surface area contributed by atoms with Gasteiger partial charge in [-0.25, -0.2) is 13.9 Å². The zero-order chi connectivity index (χ0) is 14.9. The maximum Gasteiger partial charge on any atom is 0.360 e. The van der Waals surface area contributed by atoms with E-state index in [1.807, 2.05) is 22.6 Å². The Balaban J connectivity index is 2.75. The number of benzene rings is 1. The van der Waals surface area contributed by atoms with Crippen molar-refractivity contribution in [2.45, 2.75) is 0 Å². The summed E-state index contributed by atoms with van der Waals surface area (Å²) in [5.74, 6) is -2.33. The summed E-state index contributed by atoms with van der Waals surface area (Å²) in [7, 11) is 1.22. The van der Waals surface area contributed by atoms with Crippen LogP contribution in [-0.2, 0) is 0 Å². The lowest BCUT2D eigenvalue weighted by molar-refractivity contribution is 0.0686. The smallest absolute Gasteiger partial charge is 0.360 e. The first-order valence-electron chi connectivity index (χ1n) is 5.30. The number of rotatable bonds is 3. The van der Waals surface area contributed by atoms with Gasteiger partial charge in [-0.15, -0.1) is 0 Å². The summed E-state index contributed by atoms with van der Waals surface area (Å²) >= 11 is 1.98. The lowest BCUT2D eigenvalue weighted by Crippen LogP contribution is -2.23. The van der Waals surface area contributed by atoms with Crippen LogP contribution in [0.3, 0.4) is 0 Å². The van der Waals surface area contributed by atoms with Crippen molar-refractivity contribution < 1.29 is 19.0 Å². The van der Waals surface area contributed by atoms with E-state index in [0.29, 0.717) is 0 Å². The number of nitrogens with zero attached hydrogens (tertiary/aromatic N) is 2. The highest BCUT2D eigenvalue weighted by Crippen LogP contribution is 2.17. The number of carboxylic acid groups (broad SMARTS) is 1. The largest absolute Gasteiger partial charge is 0.491 e. The fourth-order valence-corrected chi connectivity index (χ4v) is 2.01. The highest BCUT2D eigenvalue weighted by atomic mass is 127. The fourth-order valence-electron chi connectivity index (χ4n) is 1.54. The molecule has 0 aliphatic carbocycles. The van der Waals surface area contributed by atoms with E-state index in [1.165, 1.54) is 19.2 Å². The summed E-state index contributed by atoms with van der Waals surface area (Å²) in [4.78, 5) is 22.7. The Morgan fingerprint density at radius 3 is 2.80 bits per heavy atom. The van der Waals surface area contributed by atoms with Gasteiger partial charge in [0.1, 0.15) is 11.5 Å². The topological polar surface area (TPSA) is 81.4 Å². The monoisotopic (exact) mass is 390 g/mol. The Kier molecular flexibility index (Phi) is 4.02. The van der Waals surface area contributed by atoms with Gasteiger partial charge in [-0.1, -0.05) is 0 Å². The number of aromatic nitrogens is 2. The van der Waals surface area contributed by atoms with Crippen molar-refractivity contribution in [1.82, 2.24) is 9.78 Å². The number of halogens is 2. The van der Waals surface area contributed by atoms with Gasteiger partial charge in [-0.2, -0.15) is 5.10 Å². The minimum atomic E-state index is -1.51. The van der Waals surface area contributed by atoms with Gasteiger partial charge in [0.25, 0.3) is 5.43 Å². The molecule has 2 aromatic rings. The van der Waals surface area contributed by atoms with Crippen LogP contribution in [0.5, 0.6) is 5.75 Å². The van der Waals surface area contributed by atoms with Crippen LogP contribution < -0.4 is 10.2 Å². The van der Waals surface area contributed by atoms with Crippen LogP contribution in [0, 0.1) is 9.39 Å². The second kappa shape index (κ2) is 5.57. The summed E-state index contributed by atoms with van der Waals surface area (Å²) in [6.45, 7) is 0. The summed E-state index contributed by atoms with van der Waals surface area (Å²) in [5, 5.41) is 12.6. The average molecular weight is 390 g/mol. The second-order valence-electron chi connectivity index (χ2n) is 3.72. The number of carbonyl (C=O) groups is 1. The molecule has 0 saturated heterocycles. The number of methoxy groups -OCH3 is 1. The Morgan fingerprint density at radius 2 is 2.20 bits per heavy atom. The molecule has 0 atom stereocenters. The van der Waals surface area contributed by atoms with E-state index in [0.717, 1.165) is 14.4 Å². The molecule has 1 aromatic carbocycles. The molecule has 8 heteroatoms. The van der Waals surface area contributed by atoms with Gasteiger partial charge in [0.15, 0.2) is 5.75 Å². The molecule has 1 aromatic heterocycles. The molecule has 2 rings (SSSR count). The fraction of sp³-hybridized carbons (Fsp3) is 0.0833. The summed E-state index contributed by atoms with van der Waals surface area (Å²) in [5.41, 5.74) is -1.57.